The number of carbonyl (C=O) groups is 5. The largest absolute Gasteiger partial charge is 0.368 e. The average molecular weight is 503 g/mol. The molecule has 36 heavy (non-hydrogen) atoms. The third-order valence-corrected chi connectivity index (χ3v) is 7.59. The molecule has 0 aliphatic heterocycles. The third kappa shape index (κ3) is 6.74. The van der Waals surface area contributed by atoms with Gasteiger partial charge in [-0.15, -0.1) is 0 Å². The summed E-state index contributed by atoms with van der Waals surface area (Å²) in [6.07, 6.45) is 9.02. The van der Waals surface area contributed by atoms with Crippen LogP contribution in [0.4, 0.5) is 0 Å². The molecule has 0 unspecified atom stereocenters. The molecule has 0 saturated heterocycles. The summed E-state index contributed by atoms with van der Waals surface area (Å²) in [7, 11) is 0. The molecule has 5 amide bonds. The van der Waals surface area contributed by atoms with E-state index in [1.807, 2.05) is 0 Å². The van der Waals surface area contributed by atoms with Crippen LogP contribution >= 0.6 is 0 Å². The summed E-state index contributed by atoms with van der Waals surface area (Å²) < 4.78 is 0. The molecule has 0 heterocycles. The standard InChI is InChI=1S/C25H38N6O5/c26-21(32)12-28(17-3-4-17)23(34)14-30(19-7-8-19)25(36)15-31(20-9-10-20)24(35)13-29(18-5-6-18)22(33)11-27-16-1-2-16/h16-20,27H,1-15H2,(H2,26,32). The Kier molecular flexibility index (Phi) is 7.18. The Morgan fingerprint density at radius 3 is 1.17 bits per heavy atom. The van der Waals surface area contributed by atoms with Gasteiger partial charge in [-0.2, -0.15) is 0 Å². The van der Waals surface area contributed by atoms with Gasteiger partial charge in [0.15, 0.2) is 0 Å². The molecule has 0 radical (unpaired) electrons. The van der Waals surface area contributed by atoms with Crippen molar-refractivity contribution in [1.29, 1.82) is 0 Å². The van der Waals surface area contributed by atoms with Gasteiger partial charge in [0.05, 0.1) is 13.1 Å². The lowest BCUT2D eigenvalue weighted by Crippen LogP contribution is -2.52. The first-order valence-electron chi connectivity index (χ1n) is 13.5. The van der Waals surface area contributed by atoms with Crippen molar-refractivity contribution in [2.75, 3.05) is 32.7 Å². The molecule has 5 saturated carbocycles. The van der Waals surface area contributed by atoms with Gasteiger partial charge in [-0.3, -0.25) is 24.0 Å². The zero-order chi connectivity index (χ0) is 25.4. The number of nitrogens with two attached hydrogens (primary N) is 1. The molecule has 0 bridgehead atoms. The van der Waals surface area contributed by atoms with Gasteiger partial charge in [-0.05, 0) is 64.2 Å². The van der Waals surface area contributed by atoms with E-state index in [2.05, 4.69) is 5.32 Å². The molecule has 0 aromatic carbocycles. The normalized spacial score (nSPS) is 21.0. The zero-order valence-corrected chi connectivity index (χ0v) is 20.9. The van der Waals surface area contributed by atoms with Crippen LogP contribution in [-0.2, 0) is 24.0 Å². The minimum Gasteiger partial charge on any atom is -0.368 e. The van der Waals surface area contributed by atoms with E-state index >= 15 is 0 Å². The maximum Gasteiger partial charge on any atom is 0.242 e. The highest BCUT2D eigenvalue weighted by Crippen LogP contribution is 2.32. The first-order valence-corrected chi connectivity index (χ1v) is 13.5. The van der Waals surface area contributed by atoms with Crippen LogP contribution in [0.15, 0.2) is 0 Å². The van der Waals surface area contributed by atoms with Gasteiger partial charge < -0.3 is 30.7 Å². The molecule has 198 valence electrons. The van der Waals surface area contributed by atoms with Crippen molar-refractivity contribution in [3.8, 4) is 0 Å². The smallest absolute Gasteiger partial charge is 0.242 e. The van der Waals surface area contributed by atoms with Crippen LogP contribution in [0.5, 0.6) is 0 Å². The Hall–Kier alpha value is -2.69. The summed E-state index contributed by atoms with van der Waals surface area (Å²) in [5, 5.41) is 3.23. The predicted molar refractivity (Wildman–Crippen MR) is 129 cm³/mol. The number of amides is 5. The Bertz CT molecular complexity index is 907. The maximum absolute atomic E-state index is 13.4. The fourth-order valence-corrected chi connectivity index (χ4v) is 4.73. The van der Waals surface area contributed by atoms with E-state index in [0.29, 0.717) is 6.04 Å². The molecule has 0 aromatic heterocycles. The number of rotatable bonds is 15. The number of carbonyl (C=O) groups excluding carboxylic acids is 5. The fourth-order valence-electron chi connectivity index (χ4n) is 4.73. The average Bonchev–Trinajstić information content (AvgIpc) is 3.66. The number of nitrogens with zero attached hydrogens (tertiary/aromatic N) is 4. The van der Waals surface area contributed by atoms with Crippen molar-refractivity contribution in [3.05, 3.63) is 0 Å². The van der Waals surface area contributed by atoms with Crippen LogP contribution < -0.4 is 11.1 Å². The number of hydrogen-bond acceptors (Lipinski definition) is 6. The molecule has 0 aromatic rings. The van der Waals surface area contributed by atoms with Crippen molar-refractivity contribution in [1.82, 2.24) is 24.9 Å². The van der Waals surface area contributed by atoms with E-state index < -0.39 is 5.91 Å². The molecule has 11 nitrogen and oxygen atoms in total. The minimum atomic E-state index is -0.563. The van der Waals surface area contributed by atoms with Crippen LogP contribution in [0, 0.1) is 0 Å². The highest BCUT2D eigenvalue weighted by atomic mass is 16.2. The van der Waals surface area contributed by atoms with Crippen molar-refractivity contribution in [2.24, 2.45) is 5.73 Å². The van der Waals surface area contributed by atoms with Gasteiger partial charge in [-0.1, -0.05) is 0 Å². The second-order valence-electron chi connectivity index (χ2n) is 11.1. The van der Waals surface area contributed by atoms with Gasteiger partial charge >= 0.3 is 0 Å². The lowest BCUT2D eigenvalue weighted by Gasteiger charge is -2.31. The van der Waals surface area contributed by atoms with Crippen LogP contribution in [0.1, 0.15) is 64.2 Å². The van der Waals surface area contributed by atoms with E-state index in [-0.39, 0.29) is 80.5 Å². The summed E-state index contributed by atoms with van der Waals surface area (Å²) in [6.45, 7) is -0.0736. The molecule has 5 fully saturated rings. The molecule has 5 aliphatic rings. The second-order valence-corrected chi connectivity index (χ2v) is 11.1. The summed E-state index contributed by atoms with van der Waals surface area (Å²) in [4.78, 5) is 70.3. The quantitative estimate of drug-likeness (QED) is 0.301. The summed E-state index contributed by atoms with van der Waals surface area (Å²) in [5.74, 6) is -1.34. The number of hydrogen-bond donors (Lipinski definition) is 2. The fraction of sp³-hybridized carbons (Fsp3) is 0.800. The molecule has 5 aliphatic carbocycles. The molecule has 0 atom stereocenters. The Morgan fingerprint density at radius 1 is 0.528 bits per heavy atom. The van der Waals surface area contributed by atoms with Gasteiger partial charge in [0, 0.05) is 30.2 Å². The highest BCUT2D eigenvalue weighted by Gasteiger charge is 2.42. The Balaban J connectivity index is 1.19. The van der Waals surface area contributed by atoms with Crippen molar-refractivity contribution in [3.63, 3.8) is 0 Å². The summed E-state index contributed by atoms with van der Waals surface area (Å²) in [5.41, 5.74) is 5.33. The lowest BCUT2D eigenvalue weighted by molar-refractivity contribution is -0.147. The second kappa shape index (κ2) is 10.4. The lowest BCUT2D eigenvalue weighted by atomic mass is 10.3. The van der Waals surface area contributed by atoms with Crippen molar-refractivity contribution in [2.45, 2.75) is 94.4 Å². The summed E-state index contributed by atoms with van der Waals surface area (Å²) in [6, 6.07) is 0.549. The monoisotopic (exact) mass is 502 g/mol. The van der Waals surface area contributed by atoms with Crippen LogP contribution in [-0.4, -0.2) is 112 Å². The van der Waals surface area contributed by atoms with E-state index in [4.69, 9.17) is 5.73 Å². The first-order chi connectivity index (χ1) is 17.3. The van der Waals surface area contributed by atoms with Gasteiger partial charge in [0.2, 0.25) is 29.5 Å². The zero-order valence-electron chi connectivity index (χ0n) is 20.9. The first kappa shape index (κ1) is 25.0. The number of primary amides is 1. The highest BCUT2D eigenvalue weighted by molar-refractivity contribution is 5.92. The predicted octanol–water partition coefficient (Wildman–Crippen LogP) is -0.812. The Morgan fingerprint density at radius 2 is 0.861 bits per heavy atom. The maximum atomic E-state index is 13.4. The van der Waals surface area contributed by atoms with E-state index in [0.717, 1.165) is 64.2 Å². The van der Waals surface area contributed by atoms with Crippen molar-refractivity contribution < 1.29 is 24.0 Å². The molecular weight excluding hydrogens is 464 g/mol. The van der Waals surface area contributed by atoms with Crippen molar-refractivity contribution >= 4 is 29.5 Å². The number of nitrogens with one attached hydrogen (secondary N) is 1. The third-order valence-electron chi connectivity index (χ3n) is 7.59. The van der Waals surface area contributed by atoms with Gasteiger partial charge in [-0.25, -0.2) is 0 Å². The van der Waals surface area contributed by atoms with Crippen LogP contribution in [0.25, 0.3) is 0 Å². The molecule has 0 spiro atoms. The minimum absolute atomic E-state index is 0.00391. The van der Waals surface area contributed by atoms with Crippen LogP contribution in [0.2, 0.25) is 0 Å². The van der Waals surface area contributed by atoms with Gasteiger partial charge in [0.1, 0.15) is 19.6 Å². The van der Waals surface area contributed by atoms with E-state index in [1.54, 1.807) is 14.7 Å². The van der Waals surface area contributed by atoms with Crippen LogP contribution in [0.3, 0.4) is 0 Å². The van der Waals surface area contributed by atoms with E-state index in [1.165, 1.54) is 4.90 Å². The molecule has 5 rings (SSSR count). The topological polar surface area (TPSA) is 136 Å². The molecular formula is C25H38N6O5. The molecule has 11 heteroatoms. The Labute approximate surface area is 211 Å². The summed E-state index contributed by atoms with van der Waals surface area (Å²) >= 11 is 0. The van der Waals surface area contributed by atoms with Gasteiger partial charge in [0.25, 0.3) is 0 Å². The SMILES string of the molecule is NC(=O)CN(C(=O)CN(C(=O)CN(C(=O)CN(C(=O)CNC1CC1)C1CC1)C1CC1)C1CC1)C1CC1. The van der Waals surface area contributed by atoms with E-state index in [9.17, 15) is 24.0 Å². The molecule has 3 N–H and O–H groups in total.